The quantitative estimate of drug-likeness (QED) is 0.314. The topological polar surface area (TPSA) is 26.8 Å². The molecule has 22 heavy (non-hydrogen) atoms. The van der Waals surface area contributed by atoms with Crippen LogP contribution in [0.5, 0.6) is 0 Å². The van der Waals surface area contributed by atoms with E-state index in [1.807, 2.05) is 0 Å². The van der Waals surface area contributed by atoms with Crippen LogP contribution in [0.2, 0.25) is 0 Å². The number of hydrogen-bond acceptors (Lipinski definition) is 3. The fraction of sp³-hybridized carbons (Fsp3) is 0.941. The summed E-state index contributed by atoms with van der Waals surface area (Å²) in [6.07, 6.45) is 4.47. The van der Waals surface area contributed by atoms with Crippen LogP contribution < -0.4 is 21.5 Å². The number of alkyl halides is 1. The maximum atomic E-state index is 12.5. The molecule has 0 saturated carbocycles. The number of piperazine rings is 1. The van der Waals surface area contributed by atoms with Gasteiger partial charge < -0.3 is 0 Å². The predicted octanol–water partition coefficient (Wildman–Crippen LogP) is -0.945. The average molecular weight is 422 g/mol. The van der Waals surface area contributed by atoms with Gasteiger partial charge >= 0.3 is 140 Å². The van der Waals surface area contributed by atoms with Crippen LogP contribution in [0.4, 0.5) is 0 Å². The Morgan fingerprint density at radius 1 is 1.09 bits per heavy atom. The van der Waals surface area contributed by atoms with E-state index in [-0.39, 0.29) is 21.5 Å². The minimum absolute atomic E-state index is 0.214. The van der Waals surface area contributed by atoms with Crippen molar-refractivity contribution in [2.45, 2.75) is 50.4 Å². The molecule has 130 valence electrons. The van der Waals surface area contributed by atoms with Gasteiger partial charge in [-0.2, -0.15) is 0 Å². The van der Waals surface area contributed by atoms with Gasteiger partial charge in [0.05, 0.1) is 0 Å². The Kier molecular flexibility index (Phi) is 7.91. The van der Waals surface area contributed by atoms with Crippen molar-refractivity contribution in [2.75, 3.05) is 45.8 Å². The third-order valence-electron chi connectivity index (χ3n) is 4.62. The van der Waals surface area contributed by atoms with Gasteiger partial charge in [-0.3, -0.25) is 0 Å². The zero-order valence-corrected chi connectivity index (χ0v) is 16.7. The Morgan fingerprint density at radius 3 is 2.27 bits per heavy atom. The van der Waals surface area contributed by atoms with E-state index in [0.29, 0.717) is 11.8 Å². The second kappa shape index (κ2) is 9.42. The molecule has 0 aromatic carbocycles. The van der Waals surface area contributed by atoms with Crippen molar-refractivity contribution >= 4 is 5.91 Å². The number of hydrogen-bond donors (Lipinski definition) is 0. The van der Waals surface area contributed by atoms with Crippen molar-refractivity contribution in [1.29, 1.82) is 0 Å². The Balaban J connectivity index is 1.66. The zero-order chi connectivity index (χ0) is 15.9. The van der Waals surface area contributed by atoms with Gasteiger partial charge in [0.2, 0.25) is 0 Å². The van der Waals surface area contributed by atoms with Crippen molar-refractivity contribution in [1.82, 2.24) is 12.9 Å². The van der Waals surface area contributed by atoms with Crippen LogP contribution in [-0.2, 0) is 4.79 Å². The van der Waals surface area contributed by atoms with Gasteiger partial charge in [-0.15, -0.1) is 0 Å². The van der Waals surface area contributed by atoms with Crippen LogP contribution in [0.25, 0.3) is 0 Å². The number of piperidine rings is 1. The Morgan fingerprint density at radius 2 is 1.73 bits per heavy atom. The third kappa shape index (κ3) is 5.96. The summed E-state index contributed by atoms with van der Waals surface area (Å²) < 4.78 is 3.53. The standard InChI is InChI=1S/C17H33IN3O/c1-4-7-19-10-12-20(13-11-19)17(22)14-16-5-8-21(9-6-16)18-15(2)3/h15-16H,4-14H2,1-3H3/q-1. The first-order chi connectivity index (χ1) is 10.6. The second-order valence-electron chi connectivity index (χ2n) is 6.89. The first kappa shape index (κ1) is 18.5. The number of carbonyl (C=O) groups excluding carboxylic acids is 1. The molecule has 2 aliphatic rings. The SMILES string of the molecule is CCCN1CCN(C(=O)CC2CCN([I-]C(C)C)CC2)CC1. The molecule has 0 unspecified atom stereocenters. The molecule has 4 nitrogen and oxygen atoms in total. The molecule has 2 saturated heterocycles. The van der Waals surface area contributed by atoms with Crippen molar-refractivity contribution in [3.05, 3.63) is 0 Å². The fourth-order valence-electron chi connectivity index (χ4n) is 3.39. The van der Waals surface area contributed by atoms with Crippen LogP contribution >= 0.6 is 0 Å². The van der Waals surface area contributed by atoms with Crippen LogP contribution in [0.15, 0.2) is 0 Å². The van der Waals surface area contributed by atoms with E-state index >= 15 is 0 Å². The number of nitrogens with zero attached hydrogens (tertiary/aromatic N) is 3. The van der Waals surface area contributed by atoms with E-state index in [4.69, 9.17) is 0 Å². The van der Waals surface area contributed by atoms with E-state index < -0.39 is 0 Å². The summed E-state index contributed by atoms with van der Waals surface area (Å²) in [7, 11) is 0. The van der Waals surface area contributed by atoms with Crippen LogP contribution in [0, 0.1) is 5.92 Å². The molecule has 0 bridgehead atoms. The summed E-state index contributed by atoms with van der Waals surface area (Å²) in [5.74, 6) is 1.04. The van der Waals surface area contributed by atoms with Crippen molar-refractivity contribution in [3.8, 4) is 0 Å². The van der Waals surface area contributed by atoms with Crippen molar-refractivity contribution < 1.29 is 26.3 Å². The molecular formula is C17H33IN3O-. The summed E-state index contributed by atoms with van der Waals surface area (Å²) in [6.45, 7) is 14.6. The Hall–Kier alpha value is 0.120. The van der Waals surface area contributed by atoms with E-state index in [1.54, 1.807) is 0 Å². The summed E-state index contributed by atoms with van der Waals surface area (Å²) in [6, 6.07) is 0. The molecule has 2 rings (SSSR count). The first-order valence-electron chi connectivity index (χ1n) is 8.97. The minimum atomic E-state index is 0.214. The van der Waals surface area contributed by atoms with E-state index in [2.05, 4.69) is 33.7 Å². The summed E-state index contributed by atoms with van der Waals surface area (Å²) in [4.78, 5) is 17.1. The molecule has 1 amide bonds. The van der Waals surface area contributed by atoms with Crippen molar-refractivity contribution in [2.24, 2.45) is 5.92 Å². The number of halogens is 1. The van der Waals surface area contributed by atoms with Gasteiger partial charge in [0.15, 0.2) is 0 Å². The molecule has 2 fully saturated rings. The summed E-state index contributed by atoms with van der Waals surface area (Å²) in [5, 5.41) is 0. The fourth-order valence-corrected chi connectivity index (χ4v) is 6.08. The molecule has 2 aliphatic heterocycles. The van der Waals surface area contributed by atoms with E-state index in [9.17, 15) is 4.79 Å². The molecule has 2 heterocycles. The normalized spacial score (nSPS) is 22.6. The average Bonchev–Trinajstić information content (AvgIpc) is 2.50. The van der Waals surface area contributed by atoms with Gasteiger partial charge in [-0.05, 0) is 0 Å². The molecule has 0 spiro atoms. The van der Waals surface area contributed by atoms with Gasteiger partial charge in [-0.1, -0.05) is 6.92 Å². The van der Waals surface area contributed by atoms with Gasteiger partial charge in [0, 0.05) is 0 Å². The monoisotopic (exact) mass is 422 g/mol. The van der Waals surface area contributed by atoms with Crippen LogP contribution in [0.1, 0.15) is 46.5 Å². The predicted molar refractivity (Wildman–Crippen MR) is 87.4 cm³/mol. The molecule has 0 aromatic rings. The molecule has 5 heteroatoms. The molecule has 0 aromatic heterocycles. The Bertz CT molecular complexity index is 335. The summed E-state index contributed by atoms with van der Waals surface area (Å²) in [5.41, 5.74) is 0. The van der Waals surface area contributed by atoms with E-state index in [1.165, 1.54) is 38.9 Å². The van der Waals surface area contributed by atoms with Gasteiger partial charge in [-0.25, -0.2) is 0 Å². The summed E-state index contributed by atoms with van der Waals surface area (Å²) >= 11 is 0.214. The first-order valence-corrected chi connectivity index (χ1v) is 11.2. The Labute approximate surface area is 147 Å². The molecule has 0 N–H and O–H groups in total. The molecule has 0 radical (unpaired) electrons. The number of amides is 1. The van der Waals surface area contributed by atoms with Crippen LogP contribution in [0.3, 0.4) is 0 Å². The van der Waals surface area contributed by atoms with E-state index in [0.717, 1.165) is 36.5 Å². The van der Waals surface area contributed by atoms with Gasteiger partial charge in [0.25, 0.3) is 0 Å². The molecule has 0 atom stereocenters. The number of carbonyl (C=O) groups is 1. The van der Waals surface area contributed by atoms with Crippen LogP contribution in [-0.4, -0.2) is 68.6 Å². The zero-order valence-electron chi connectivity index (χ0n) is 14.6. The second-order valence-corrected chi connectivity index (χ2v) is 11.3. The van der Waals surface area contributed by atoms with Crippen molar-refractivity contribution in [3.63, 3.8) is 0 Å². The third-order valence-corrected chi connectivity index (χ3v) is 7.49. The van der Waals surface area contributed by atoms with Gasteiger partial charge in [0.1, 0.15) is 0 Å². The number of rotatable bonds is 6. The maximum absolute atomic E-state index is 12.5. The molecular weight excluding hydrogens is 389 g/mol. The molecule has 0 aliphatic carbocycles.